The number of aromatic nitrogens is 2. The van der Waals surface area contributed by atoms with Gasteiger partial charge in [0.2, 0.25) is 5.91 Å². The number of carbonyl (C=O) groups excluding carboxylic acids is 2. The number of nitrogens with zero attached hydrogens (tertiary/aromatic N) is 4. The van der Waals surface area contributed by atoms with E-state index in [0.717, 1.165) is 11.3 Å². The molecule has 8 heteroatoms. The van der Waals surface area contributed by atoms with Crippen molar-refractivity contribution in [2.75, 3.05) is 16.9 Å². The Morgan fingerprint density at radius 1 is 1.10 bits per heavy atom. The predicted octanol–water partition coefficient (Wildman–Crippen LogP) is 3.07. The van der Waals surface area contributed by atoms with Gasteiger partial charge in [-0.05, 0) is 36.8 Å². The van der Waals surface area contributed by atoms with Gasteiger partial charge in [-0.1, -0.05) is 36.4 Å². The summed E-state index contributed by atoms with van der Waals surface area (Å²) in [7, 11) is 0. The first kappa shape index (κ1) is 20.3. The molecule has 2 aromatic carbocycles. The molecule has 0 fully saturated rings. The minimum absolute atomic E-state index is 0.168. The summed E-state index contributed by atoms with van der Waals surface area (Å²) in [5.74, 6) is -0.752. The van der Waals surface area contributed by atoms with Crippen molar-refractivity contribution >= 4 is 29.0 Å². The molecule has 0 saturated heterocycles. The van der Waals surface area contributed by atoms with Gasteiger partial charge in [-0.3, -0.25) is 14.5 Å². The summed E-state index contributed by atoms with van der Waals surface area (Å²) in [6, 6.07) is 18.1. The van der Waals surface area contributed by atoms with Gasteiger partial charge in [-0.15, -0.1) is 0 Å². The van der Waals surface area contributed by atoms with Crippen molar-refractivity contribution in [1.82, 2.24) is 9.78 Å². The minimum Gasteiger partial charge on any atom is -0.461 e. The molecule has 0 radical (unpaired) electrons. The normalized spacial score (nSPS) is 15.5. The summed E-state index contributed by atoms with van der Waals surface area (Å²) >= 11 is 0. The summed E-state index contributed by atoms with van der Waals surface area (Å²) < 4.78 is 6.89. The fourth-order valence-corrected chi connectivity index (χ4v) is 3.44. The minimum atomic E-state index is -0.667. The van der Waals surface area contributed by atoms with Gasteiger partial charge in [0.15, 0.2) is 0 Å². The van der Waals surface area contributed by atoms with Gasteiger partial charge >= 0.3 is 5.97 Å². The van der Waals surface area contributed by atoms with Crippen LogP contribution in [0.5, 0.6) is 0 Å². The smallest absolute Gasteiger partial charge is 0.354 e. The SMILES string of the molecule is CCOC(=O)C1=NN(c2ccccc2)C(C(=O)Nc2ccccc2Cn2cccn2)C1. The highest BCUT2D eigenvalue weighted by atomic mass is 16.5. The molecule has 1 amide bonds. The van der Waals surface area contributed by atoms with E-state index in [1.54, 1.807) is 22.8 Å². The lowest BCUT2D eigenvalue weighted by Gasteiger charge is -2.23. The van der Waals surface area contributed by atoms with E-state index in [1.165, 1.54) is 0 Å². The molecule has 3 aromatic rings. The van der Waals surface area contributed by atoms with Gasteiger partial charge in [-0.25, -0.2) is 4.79 Å². The van der Waals surface area contributed by atoms with Crippen molar-refractivity contribution in [3.63, 3.8) is 0 Å². The van der Waals surface area contributed by atoms with Crippen LogP contribution in [0.4, 0.5) is 11.4 Å². The van der Waals surface area contributed by atoms with Crippen molar-refractivity contribution in [2.45, 2.75) is 25.9 Å². The lowest BCUT2D eigenvalue weighted by atomic mass is 10.1. The van der Waals surface area contributed by atoms with E-state index >= 15 is 0 Å². The second-order valence-electron chi connectivity index (χ2n) is 7.02. The average Bonchev–Trinajstić information content (AvgIpc) is 3.46. The van der Waals surface area contributed by atoms with Crippen molar-refractivity contribution < 1.29 is 14.3 Å². The van der Waals surface area contributed by atoms with E-state index in [2.05, 4.69) is 15.5 Å². The van der Waals surface area contributed by atoms with Gasteiger partial charge in [0.05, 0.1) is 18.8 Å². The summed E-state index contributed by atoms with van der Waals surface area (Å²) in [6.45, 7) is 2.52. The second kappa shape index (κ2) is 9.25. The third-order valence-electron chi connectivity index (χ3n) is 4.91. The highest BCUT2D eigenvalue weighted by molar-refractivity contribution is 6.38. The highest BCUT2D eigenvalue weighted by Crippen LogP contribution is 2.26. The number of para-hydroxylation sites is 2. The molecule has 1 atom stereocenters. The van der Waals surface area contributed by atoms with Crippen LogP contribution in [0.1, 0.15) is 18.9 Å². The number of rotatable bonds is 7. The number of nitrogens with one attached hydrogen (secondary N) is 1. The van der Waals surface area contributed by atoms with Crippen LogP contribution in [0, 0.1) is 0 Å². The lowest BCUT2D eigenvalue weighted by Crippen LogP contribution is -2.39. The topological polar surface area (TPSA) is 88.8 Å². The van der Waals surface area contributed by atoms with Crippen LogP contribution in [0.25, 0.3) is 0 Å². The zero-order valence-corrected chi connectivity index (χ0v) is 17.1. The molecule has 158 valence electrons. The Hall–Kier alpha value is -3.94. The van der Waals surface area contributed by atoms with Crippen LogP contribution >= 0.6 is 0 Å². The molecular weight excluding hydrogens is 394 g/mol. The highest BCUT2D eigenvalue weighted by Gasteiger charge is 2.37. The number of hydrogen-bond donors (Lipinski definition) is 1. The molecule has 0 aliphatic carbocycles. The van der Waals surface area contributed by atoms with Crippen LogP contribution < -0.4 is 10.3 Å². The van der Waals surface area contributed by atoms with E-state index in [0.29, 0.717) is 12.2 Å². The van der Waals surface area contributed by atoms with Crippen LogP contribution in [0.3, 0.4) is 0 Å². The monoisotopic (exact) mass is 417 g/mol. The summed E-state index contributed by atoms with van der Waals surface area (Å²) in [6.07, 6.45) is 3.75. The molecule has 0 spiro atoms. The molecule has 8 nitrogen and oxygen atoms in total. The van der Waals surface area contributed by atoms with Crippen LogP contribution in [0.2, 0.25) is 0 Å². The van der Waals surface area contributed by atoms with Crippen molar-refractivity contribution in [1.29, 1.82) is 0 Å². The summed E-state index contributed by atoms with van der Waals surface area (Å²) in [5.41, 5.74) is 2.58. The van der Waals surface area contributed by atoms with Gasteiger partial charge in [0.25, 0.3) is 0 Å². The molecule has 1 unspecified atom stereocenters. The summed E-state index contributed by atoms with van der Waals surface area (Å²) in [5, 5.41) is 13.2. The first-order valence-corrected chi connectivity index (χ1v) is 10.1. The van der Waals surface area contributed by atoms with E-state index < -0.39 is 12.0 Å². The summed E-state index contributed by atoms with van der Waals surface area (Å²) in [4.78, 5) is 25.5. The number of hydrogen-bond acceptors (Lipinski definition) is 6. The van der Waals surface area contributed by atoms with Crippen molar-refractivity contribution in [3.8, 4) is 0 Å². The Labute approximate surface area is 180 Å². The largest absolute Gasteiger partial charge is 0.461 e. The molecular formula is C23H23N5O3. The number of anilines is 2. The van der Waals surface area contributed by atoms with Crippen molar-refractivity contribution in [3.05, 3.63) is 78.6 Å². The third-order valence-corrected chi connectivity index (χ3v) is 4.91. The van der Waals surface area contributed by atoms with Gasteiger partial charge in [-0.2, -0.15) is 10.2 Å². The Bertz CT molecular complexity index is 1080. The fraction of sp³-hybridized carbons (Fsp3) is 0.217. The number of carbonyl (C=O) groups is 2. The molecule has 1 aliphatic rings. The number of amides is 1. The zero-order valence-electron chi connectivity index (χ0n) is 17.1. The van der Waals surface area contributed by atoms with Crippen LogP contribution in [0.15, 0.2) is 78.2 Å². The van der Waals surface area contributed by atoms with E-state index in [4.69, 9.17) is 4.74 Å². The van der Waals surface area contributed by atoms with E-state index in [1.807, 2.05) is 66.9 Å². The van der Waals surface area contributed by atoms with Crippen molar-refractivity contribution in [2.24, 2.45) is 5.10 Å². The maximum Gasteiger partial charge on any atom is 0.354 e. The Balaban J connectivity index is 1.57. The zero-order chi connectivity index (χ0) is 21.6. The number of benzene rings is 2. The molecule has 0 saturated carbocycles. The molecule has 1 aromatic heterocycles. The molecule has 31 heavy (non-hydrogen) atoms. The van der Waals surface area contributed by atoms with E-state index in [9.17, 15) is 9.59 Å². The standard InChI is InChI=1S/C23H23N5O3/c1-2-31-23(30)20-15-21(28(26-20)18-10-4-3-5-11-18)22(29)25-19-12-7-6-9-17(19)16-27-14-8-13-24-27/h3-14,21H,2,15-16H2,1H3,(H,25,29). The lowest BCUT2D eigenvalue weighted by molar-refractivity contribution is -0.135. The van der Waals surface area contributed by atoms with Gasteiger partial charge in [0.1, 0.15) is 11.8 Å². The molecule has 2 heterocycles. The molecule has 0 bridgehead atoms. The number of hydrazone groups is 1. The second-order valence-corrected chi connectivity index (χ2v) is 7.02. The Morgan fingerprint density at radius 3 is 2.61 bits per heavy atom. The first-order chi connectivity index (χ1) is 15.2. The molecule has 4 rings (SSSR count). The Morgan fingerprint density at radius 2 is 1.87 bits per heavy atom. The molecule has 1 N–H and O–H groups in total. The quantitative estimate of drug-likeness (QED) is 0.597. The fourth-order valence-electron chi connectivity index (χ4n) is 3.44. The first-order valence-electron chi connectivity index (χ1n) is 10.1. The van der Waals surface area contributed by atoms with Crippen LogP contribution in [-0.4, -0.2) is 40.0 Å². The van der Waals surface area contributed by atoms with E-state index in [-0.39, 0.29) is 24.6 Å². The maximum atomic E-state index is 13.3. The van der Waals surface area contributed by atoms with Gasteiger partial charge < -0.3 is 10.1 Å². The van der Waals surface area contributed by atoms with Gasteiger partial charge in [0, 0.05) is 24.5 Å². The average molecular weight is 417 g/mol. The maximum absolute atomic E-state index is 13.3. The Kier molecular flexibility index (Phi) is 6.07. The number of esters is 1. The predicted molar refractivity (Wildman–Crippen MR) is 118 cm³/mol. The molecule has 1 aliphatic heterocycles. The number of ether oxygens (including phenoxy) is 1. The third kappa shape index (κ3) is 4.63. The van der Waals surface area contributed by atoms with Crippen LogP contribution in [-0.2, 0) is 20.9 Å².